The Hall–Kier alpha value is -9.10. The first kappa shape index (κ1) is 66.0. The number of hydrazone groups is 1. The monoisotopic (exact) mass is 1190 g/mol. The molecule has 0 spiro atoms. The number of esters is 5. The molecule has 0 N–H and O–H groups in total. The topological polar surface area (TPSA) is 214 Å². The van der Waals surface area contributed by atoms with Crippen LogP contribution in [0.3, 0.4) is 0 Å². The summed E-state index contributed by atoms with van der Waals surface area (Å²) in [5, 5.41) is 5.80. The lowest BCUT2D eigenvalue weighted by Gasteiger charge is -2.34. The van der Waals surface area contributed by atoms with Crippen molar-refractivity contribution in [2.75, 3.05) is 11.8 Å². The smallest absolute Gasteiger partial charge is 0.365 e. The van der Waals surface area contributed by atoms with Crippen LogP contribution < -0.4 is 24.1 Å². The molecule has 0 saturated heterocycles. The molecule has 0 aliphatic heterocycles. The molecule has 1 heterocycles. The lowest BCUT2D eigenvalue weighted by Crippen LogP contribution is -2.40. The number of nitrogens with zero attached hydrogens (tertiary/aromatic N) is 3. The van der Waals surface area contributed by atoms with Crippen LogP contribution in [0.5, 0.6) is 23.0 Å². The first-order valence-corrected chi connectivity index (χ1v) is 28.4. The highest BCUT2D eigenvalue weighted by molar-refractivity contribution is 7.22. The van der Waals surface area contributed by atoms with Gasteiger partial charge in [-0.2, -0.15) is 0 Å². The van der Waals surface area contributed by atoms with Crippen LogP contribution in [0.4, 0.5) is 5.13 Å². The highest BCUT2D eigenvalue weighted by Crippen LogP contribution is 2.34. The minimum Gasteiger partial charge on any atom is -0.488 e. The van der Waals surface area contributed by atoms with Gasteiger partial charge >= 0.3 is 35.8 Å². The predicted octanol–water partition coefficient (Wildman–Crippen LogP) is 13.7. The fourth-order valence-electron chi connectivity index (χ4n) is 9.92. The van der Waals surface area contributed by atoms with Gasteiger partial charge in [-0.15, -0.1) is 5.10 Å². The average Bonchev–Trinajstić information content (AvgIpc) is 2.91. The third-order valence-corrected chi connectivity index (χ3v) is 13.5. The van der Waals surface area contributed by atoms with E-state index in [-0.39, 0.29) is 46.2 Å². The number of carbonyl (C=O) groups excluding carboxylic acids is 6. The molecule has 86 heavy (non-hydrogen) atoms. The van der Waals surface area contributed by atoms with Crippen molar-refractivity contribution in [2.45, 2.75) is 142 Å². The van der Waals surface area contributed by atoms with Gasteiger partial charge in [0.25, 0.3) is 0 Å². The zero-order valence-corrected chi connectivity index (χ0v) is 51.6. The Morgan fingerprint density at radius 3 is 1.37 bits per heavy atom. The minimum absolute atomic E-state index is 0.0407. The summed E-state index contributed by atoms with van der Waals surface area (Å²) >= 11 is 1.22. The quantitative estimate of drug-likeness (QED) is 0.0107. The lowest BCUT2D eigenvalue weighted by molar-refractivity contribution is -0.155. The largest absolute Gasteiger partial charge is 0.488 e. The van der Waals surface area contributed by atoms with Gasteiger partial charge in [-0.25, -0.2) is 33.8 Å². The first-order valence-electron chi connectivity index (χ1n) is 27.6. The van der Waals surface area contributed by atoms with E-state index in [9.17, 15) is 28.8 Å². The molecule has 0 bridgehead atoms. The van der Waals surface area contributed by atoms with Gasteiger partial charge in [-0.1, -0.05) is 54.4 Å². The number of fused-ring (bicyclic) bond motifs is 1. The van der Waals surface area contributed by atoms with E-state index in [2.05, 4.69) is 24.8 Å². The molecule has 0 unspecified atom stereocenters. The Kier molecular flexibility index (Phi) is 21.3. The number of benzene rings is 5. The molecule has 0 atom stereocenters. The van der Waals surface area contributed by atoms with Crippen molar-refractivity contribution in [3.63, 3.8) is 0 Å². The van der Waals surface area contributed by atoms with Crippen molar-refractivity contribution in [3.8, 4) is 23.0 Å². The van der Waals surface area contributed by atoms with E-state index in [1.54, 1.807) is 120 Å². The van der Waals surface area contributed by atoms with Crippen LogP contribution in [-0.4, -0.2) is 87.2 Å². The molecule has 5 aromatic carbocycles. The maximum atomic E-state index is 14.0. The predicted molar refractivity (Wildman–Crippen MR) is 329 cm³/mol. The summed E-state index contributed by atoms with van der Waals surface area (Å²) in [6, 6.07) is 31.5. The van der Waals surface area contributed by atoms with Gasteiger partial charge in [0, 0.05) is 49.5 Å². The van der Waals surface area contributed by atoms with E-state index in [1.807, 2.05) is 65.8 Å². The van der Waals surface area contributed by atoms with Crippen LogP contribution >= 0.6 is 11.3 Å². The van der Waals surface area contributed by atoms with Crippen LogP contribution in [0.1, 0.15) is 145 Å². The van der Waals surface area contributed by atoms with E-state index in [0.717, 1.165) is 28.1 Å². The summed E-state index contributed by atoms with van der Waals surface area (Å²) < 4.78 is 47.8. The maximum Gasteiger partial charge on any atom is 0.365 e. The molecular formula is C67H75N3O15S. The highest BCUT2D eigenvalue weighted by atomic mass is 32.1. The molecule has 6 rings (SSSR count). The van der Waals surface area contributed by atoms with Crippen LogP contribution in [-0.2, 0) is 44.6 Å². The second-order valence-corrected chi connectivity index (χ2v) is 24.9. The molecule has 0 saturated carbocycles. The Labute approximate surface area is 506 Å². The molecular weight excluding hydrogens is 1120 g/mol. The van der Waals surface area contributed by atoms with Crippen molar-refractivity contribution in [3.05, 3.63) is 181 Å². The summed E-state index contributed by atoms with van der Waals surface area (Å²) in [6.45, 7) is 32.2. The highest BCUT2D eigenvalue weighted by Gasteiger charge is 2.36. The number of para-hydroxylation sites is 1. The van der Waals surface area contributed by atoms with Crippen LogP contribution in [0, 0.1) is 0 Å². The van der Waals surface area contributed by atoms with Crippen LogP contribution in [0.25, 0.3) is 10.2 Å². The van der Waals surface area contributed by atoms with Gasteiger partial charge in [0.15, 0.2) is 0 Å². The van der Waals surface area contributed by atoms with Gasteiger partial charge in [-0.3, -0.25) is 0 Å². The number of ether oxygens (including phenoxy) is 8. The summed E-state index contributed by atoms with van der Waals surface area (Å²) in [5.41, 5.74) is -2.73. The second-order valence-electron chi connectivity index (χ2n) is 23.9. The lowest BCUT2D eigenvalue weighted by atomic mass is 9.92. The van der Waals surface area contributed by atoms with Gasteiger partial charge < -0.3 is 42.7 Å². The maximum absolute atomic E-state index is 14.0. The standard InChI is InChI=1S/C67H75N3O15S/c1-16-55(71)82-65(10,11)41-62(4,5)79-49-30-24-45(25-31-49)58(74)77-38-37-44-23-36-53(78-59(75)46-26-32-50(33-27-46)80-63(6,7)42-66(12,13)83-56(72)17-2)48(39-44)40-68-70(61-69-52-21-19-20-22-54(52)86-61)85-60(76)47-28-34-51(35-29-47)81-64(8,9)43-67(14,15)84-57(73)18-3/h16-36,39-40H,1-3,37-38,41-43H2,4-15H3/b68-40+. The number of thiazole rings is 1. The van der Waals surface area contributed by atoms with Gasteiger partial charge in [0.05, 0.1) is 39.7 Å². The molecule has 6 aromatic rings. The molecule has 19 heteroatoms. The molecule has 0 aliphatic carbocycles. The van der Waals surface area contributed by atoms with Gasteiger partial charge in [-0.05, 0) is 186 Å². The second kappa shape index (κ2) is 27.7. The zero-order valence-electron chi connectivity index (χ0n) is 50.8. The minimum atomic E-state index is -0.869. The number of anilines is 1. The Morgan fingerprint density at radius 2 is 0.942 bits per heavy atom. The Balaban J connectivity index is 1.24. The number of hydrogen-bond acceptors (Lipinski definition) is 19. The van der Waals surface area contributed by atoms with E-state index in [4.69, 9.17) is 47.7 Å². The van der Waals surface area contributed by atoms with Crippen molar-refractivity contribution >= 4 is 68.7 Å². The first-order chi connectivity index (χ1) is 40.2. The SMILES string of the molecule is C=CC(=O)OC(C)(C)CC(C)(C)Oc1ccc(C(=O)OCCc2ccc(OC(=O)c3ccc(OC(C)(C)CC(C)(C)OC(=O)C=C)cc3)c(/C=N/N(OC(=O)c3ccc(OC(C)(C)CC(C)(C)OC(=O)C=C)cc3)c3nc4ccccc4s3)c2)cc1. The Morgan fingerprint density at radius 1 is 0.523 bits per heavy atom. The van der Waals surface area contributed by atoms with E-state index in [1.165, 1.54) is 29.7 Å². The van der Waals surface area contributed by atoms with Crippen molar-refractivity contribution in [1.29, 1.82) is 0 Å². The van der Waals surface area contributed by atoms with Crippen LogP contribution in [0.2, 0.25) is 0 Å². The Bertz CT molecular complexity index is 3430. The molecule has 1 aromatic heterocycles. The fraction of sp³-hybridized carbons (Fsp3) is 0.343. The molecule has 18 nitrogen and oxygen atoms in total. The van der Waals surface area contributed by atoms with E-state index < -0.39 is 69.4 Å². The zero-order chi connectivity index (χ0) is 63.3. The van der Waals surface area contributed by atoms with Crippen molar-refractivity contribution in [1.82, 2.24) is 4.98 Å². The molecule has 0 amide bonds. The number of carbonyl (C=O) groups is 6. The molecule has 0 radical (unpaired) electrons. The number of hydrogen-bond donors (Lipinski definition) is 0. The molecule has 0 fully saturated rings. The summed E-state index contributed by atoms with van der Waals surface area (Å²) in [4.78, 5) is 87.8. The number of rotatable bonds is 29. The fourth-order valence-corrected chi connectivity index (χ4v) is 10.8. The normalized spacial score (nSPS) is 12.1. The van der Waals surface area contributed by atoms with E-state index in [0.29, 0.717) is 47.6 Å². The third-order valence-electron chi connectivity index (χ3n) is 12.5. The molecule has 0 aliphatic rings. The molecule has 454 valence electrons. The third kappa shape index (κ3) is 20.3. The summed E-state index contributed by atoms with van der Waals surface area (Å²) in [6.07, 6.45) is 5.94. The van der Waals surface area contributed by atoms with Gasteiger partial charge in [0.2, 0.25) is 5.13 Å². The summed E-state index contributed by atoms with van der Waals surface area (Å²) in [5.74, 6) is -2.24. The van der Waals surface area contributed by atoms with E-state index >= 15 is 0 Å². The van der Waals surface area contributed by atoms with Crippen LogP contribution in [0.15, 0.2) is 158 Å². The van der Waals surface area contributed by atoms with Crippen molar-refractivity contribution in [2.24, 2.45) is 5.10 Å². The van der Waals surface area contributed by atoms with Crippen molar-refractivity contribution < 1.29 is 71.5 Å². The average molecular weight is 1190 g/mol. The summed E-state index contributed by atoms with van der Waals surface area (Å²) in [7, 11) is 0. The van der Waals surface area contributed by atoms with Gasteiger partial charge in [0.1, 0.15) is 56.6 Å². The number of aromatic nitrogens is 1.